The topological polar surface area (TPSA) is 53.1 Å². The van der Waals surface area contributed by atoms with Crippen LogP contribution < -0.4 is 4.74 Å². The fourth-order valence-electron chi connectivity index (χ4n) is 4.94. The number of piperazine rings is 1. The summed E-state index contributed by atoms with van der Waals surface area (Å²) in [5.74, 6) is 0.458. The van der Waals surface area contributed by atoms with Gasteiger partial charge in [-0.25, -0.2) is 4.39 Å². The van der Waals surface area contributed by atoms with Gasteiger partial charge in [-0.1, -0.05) is 24.8 Å². The maximum atomic E-state index is 14.5. The van der Waals surface area contributed by atoms with Gasteiger partial charge in [0, 0.05) is 52.2 Å². The lowest BCUT2D eigenvalue weighted by molar-refractivity contribution is -0.131. The molecule has 0 radical (unpaired) electrons. The Morgan fingerprint density at radius 2 is 1.97 bits per heavy atom. The summed E-state index contributed by atoms with van der Waals surface area (Å²) < 4.78 is 21.0. The number of nitrogens with zero attached hydrogens (tertiary/aromatic N) is 3. The Kier molecular flexibility index (Phi) is 7.55. The molecule has 2 aromatic carbocycles. The van der Waals surface area contributed by atoms with Gasteiger partial charge in [0.1, 0.15) is 17.7 Å². The van der Waals surface area contributed by atoms with Crippen molar-refractivity contribution in [1.29, 1.82) is 0 Å². The Hall–Kier alpha value is -3.19. The van der Waals surface area contributed by atoms with Gasteiger partial charge < -0.3 is 14.5 Å². The van der Waals surface area contributed by atoms with Gasteiger partial charge in [-0.05, 0) is 66.8 Å². The maximum Gasteiger partial charge on any atom is 0.246 e. The number of carbonyl (C=O) groups excluding carboxylic acids is 2. The zero-order chi connectivity index (χ0) is 25.1. The molecule has 2 atom stereocenters. The first-order chi connectivity index (χ1) is 16.7. The summed E-state index contributed by atoms with van der Waals surface area (Å²) in [6.45, 7) is 12.9. The van der Waals surface area contributed by atoms with Crippen molar-refractivity contribution in [1.82, 2.24) is 14.7 Å². The number of halogens is 1. The first kappa shape index (κ1) is 24.9. The highest BCUT2D eigenvalue weighted by Crippen LogP contribution is 2.29. The molecule has 2 aliphatic heterocycles. The average molecular weight is 480 g/mol. The van der Waals surface area contributed by atoms with Gasteiger partial charge in [-0.2, -0.15) is 0 Å². The van der Waals surface area contributed by atoms with Crippen molar-refractivity contribution in [2.24, 2.45) is 0 Å². The van der Waals surface area contributed by atoms with Gasteiger partial charge in [-0.3, -0.25) is 14.5 Å². The van der Waals surface area contributed by atoms with Crippen LogP contribution in [0, 0.1) is 12.7 Å². The molecule has 186 valence electrons. The highest BCUT2D eigenvalue weighted by molar-refractivity contribution is 5.87. The number of rotatable bonds is 6. The second-order valence-corrected chi connectivity index (χ2v) is 9.58. The lowest BCUT2D eigenvalue weighted by Gasteiger charge is -2.40. The zero-order valence-electron chi connectivity index (χ0n) is 20.8. The fourth-order valence-corrected chi connectivity index (χ4v) is 4.94. The third-order valence-corrected chi connectivity index (χ3v) is 7.07. The average Bonchev–Trinajstić information content (AvgIpc) is 2.84. The van der Waals surface area contributed by atoms with E-state index in [1.807, 2.05) is 34.9 Å². The standard InChI is InChI=1S/C28H34FN3O3/c1-5-28(34)32-13-12-30(16-20(32)3)18-27(23-7-6-19(2)26(29)15-23)35-25-9-8-22-10-11-31(21(4)33)17-24(22)14-25/h5-9,14-15,20,27H,1,10-13,16-18H2,2-4H3/t20-,27-/m1/s1. The molecule has 1 saturated heterocycles. The second kappa shape index (κ2) is 10.6. The van der Waals surface area contributed by atoms with Gasteiger partial charge >= 0.3 is 0 Å². The Bertz CT molecular complexity index is 1120. The Morgan fingerprint density at radius 1 is 1.17 bits per heavy atom. The van der Waals surface area contributed by atoms with Crippen molar-refractivity contribution < 1.29 is 18.7 Å². The van der Waals surface area contributed by atoms with Gasteiger partial charge in [0.05, 0.1) is 0 Å². The fraction of sp³-hybridized carbons (Fsp3) is 0.429. The van der Waals surface area contributed by atoms with Crippen LogP contribution in [0.15, 0.2) is 49.1 Å². The molecular formula is C28H34FN3O3. The largest absolute Gasteiger partial charge is 0.484 e. The minimum absolute atomic E-state index is 0.0472. The predicted molar refractivity (Wildman–Crippen MR) is 134 cm³/mol. The number of benzene rings is 2. The van der Waals surface area contributed by atoms with Crippen molar-refractivity contribution in [2.75, 3.05) is 32.7 Å². The van der Waals surface area contributed by atoms with Crippen molar-refractivity contribution in [3.8, 4) is 5.75 Å². The van der Waals surface area contributed by atoms with Crippen molar-refractivity contribution in [2.45, 2.75) is 45.9 Å². The number of aryl methyl sites for hydroxylation is 1. The lowest BCUT2D eigenvalue weighted by Crippen LogP contribution is -2.54. The molecule has 0 unspecified atom stereocenters. The Labute approximate surface area is 207 Å². The van der Waals surface area contributed by atoms with Crippen LogP contribution in [0.1, 0.15) is 42.2 Å². The van der Waals surface area contributed by atoms with Crippen LogP contribution >= 0.6 is 0 Å². The van der Waals surface area contributed by atoms with Gasteiger partial charge in [-0.15, -0.1) is 0 Å². The van der Waals surface area contributed by atoms with E-state index >= 15 is 0 Å². The van der Waals surface area contributed by atoms with Gasteiger partial charge in [0.25, 0.3) is 0 Å². The van der Waals surface area contributed by atoms with E-state index < -0.39 is 0 Å². The Balaban J connectivity index is 1.55. The molecule has 0 saturated carbocycles. The van der Waals surface area contributed by atoms with Crippen LogP contribution in [-0.4, -0.2) is 65.3 Å². The summed E-state index contributed by atoms with van der Waals surface area (Å²) in [6, 6.07) is 11.3. The Morgan fingerprint density at radius 3 is 2.66 bits per heavy atom. The molecule has 7 heteroatoms. The smallest absolute Gasteiger partial charge is 0.246 e. The molecule has 35 heavy (non-hydrogen) atoms. The minimum Gasteiger partial charge on any atom is -0.484 e. The molecule has 4 rings (SSSR count). The molecule has 2 aliphatic rings. The summed E-state index contributed by atoms with van der Waals surface area (Å²) in [6.07, 6.45) is 1.80. The van der Waals surface area contributed by atoms with E-state index in [0.717, 1.165) is 24.1 Å². The molecule has 1 fully saturated rings. The summed E-state index contributed by atoms with van der Waals surface area (Å²) in [5.41, 5.74) is 3.68. The van der Waals surface area contributed by atoms with E-state index in [2.05, 4.69) is 17.5 Å². The SMILES string of the molecule is C=CC(=O)N1CCN(C[C@@H](Oc2ccc3c(c2)CN(C(C)=O)CC3)c2ccc(C)c(F)c2)C[C@H]1C. The van der Waals surface area contributed by atoms with Crippen molar-refractivity contribution in [3.05, 3.63) is 77.1 Å². The van der Waals surface area contributed by atoms with Crippen LogP contribution in [0.3, 0.4) is 0 Å². The number of carbonyl (C=O) groups is 2. The first-order valence-electron chi connectivity index (χ1n) is 12.2. The van der Waals surface area contributed by atoms with E-state index in [4.69, 9.17) is 4.74 Å². The molecule has 0 N–H and O–H groups in total. The van der Waals surface area contributed by atoms with Crippen LogP contribution in [0.5, 0.6) is 5.75 Å². The van der Waals surface area contributed by atoms with Crippen molar-refractivity contribution in [3.63, 3.8) is 0 Å². The quantitative estimate of drug-likeness (QED) is 0.590. The molecule has 0 aromatic heterocycles. The minimum atomic E-state index is -0.385. The normalized spacial score (nSPS) is 19.1. The molecular weight excluding hydrogens is 445 g/mol. The van der Waals surface area contributed by atoms with E-state index in [-0.39, 0.29) is 29.8 Å². The predicted octanol–water partition coefficient (Wildman–Crippen LogP) is 3.88. The monoisotopic (exact) mass is 479 g/mol. The number of ether oxygens (including phenoxy) is 1. The summed E-state index contributed by atoms with van der Waals surface area (Å²) in [4.78, 5) is 29.9. The molecule has 6 nitrogen and oxygen atoms in total. The third-order valence-electron chi connectivity index (χ3n) is 7.07. The molecule has 0 spiro atoms. The summed E-state index contributed by atoms with van der Waals surface area (Å²) in [5, 5.41) is 0. The molecule has 2 amide bonds. The van der Waals surface area contributed by atoms with Crippen LogP contribution in [0.25, 0.3) is 0 Å². The highest BCUT2D eigenvalue weighted by atomic mass is 19.1. The highest BCUT2D eigenvalue weighted by Gasteiger charge is 2.29. The van der Waals surface area contributed by atoms with Crippen LogP contribution in [-0.2, 0) is 22.6 Å². The summed E-state index contributed by atoms with van der Waals surface area (Å²) >= 11 is 0. The van der Waals surface area contributed by atoms with Gasteiger partial charge in [0.15, 0.2) is 0 Å². The molecule has 2 heterocycles. The van der Waals surface area contributed by atoms with Gasteiger partial charge in [0.2, 0.25) is 11.8 Å². The van der Waals surface area contributed by atoms with Crippen molar-refractivity contribution >= 4 is 11.8 Å². The summed E-state index contributed by atoms with van der Waals surface area (Å²) in [7, 11) is 0. The van der Waals surface area contributed by atoms with E-state index in [9.17, 15) is 14.0 Å². The number of hydrogen-bond donors (Lipinski definition) is 0. The number of fused-ring (bicyclic) bond motifs is 1. The first-order valence-corrected chi connectivity index (χ1v) is 12.2. The number of amides is 2. The molecule has 0 aliphatic carbocycles. The van der Waals surface area contributed by atoms with Crippen LogP contribution in [0.2, 0.25) is 0 Å². The molecule has 2 aromatic rings. The van der Waals surface area contributed by atoms with E-state index in [1.54, 1.807) is 26.0 Å². The van der Waals surface area contributed by atoms with E-state index in [0.29, 0.717) is 44.0 Å². The van der Waals surface area contributed by atoms with Crippen LogP contribution in [0.4, 0.5) is 4.39 Å². The third kappa shape index (κ3) is 5.73. The maximum absolute atomic E-state index is 14.5. The zero-order valence-corrected chi connectivity index (χ0v) is 20.8. The number of hydrogen-bond acceptors (Lipinski definition) is 4. The molecule has 0 bridgehead atoms. The second-order valence-electron chi connectivity index (χ2n) is 9.58. The van der Waals surface area contributed by atoms with E-state index in [1.165, 1.54) is 11.6 Å². The lowest BCUT2D eigenvalue weighted by atomic mass is 9.99.